The van der Waals surface area contributed by atoms with Crippen LogP contribution < -0.4 is 16.0 Å². The van der Waals surface area contributed by atoms with Gasteiger partial charge in [0, 0.05) is 18.5 Å². The Labute approximate surface area is 96.4 Å². The zero-order valence-corrected chi connectivity index (χ0v) is 8.84. The number of hydrogen-bond donors (Lipinski definition) is 3. The van der Waals surface area contributed by atoms with Crippen LogP contribution in [0.15, 0.2) is 18.2 Å². The number of carbonyl (C=O) groups excluding carboxylic acids is 2. The number of urea groups is 1. The summed E-state index contributed by atoms with van der Waals surface area (Å²) in [6.07, 6.45) is 0.404. The molecule has 3 amide bonds. The lowest BCUT2D eigenvalue weighted by molar-refractivity contribution is -0.124. The highest BCUT2D eigenvalue weighted by Crippen LogP contribution is 2.38. The molecule has 1 unspecified atom stereocenters. The fourth-order valence-corrected chi connectivity index (χ4v) is 2.43. The largest absolute Gasteiger partial charge is 0.382 e. The molecule has 0 saturated carbocycles. The molecule has 0 aliphatic carbocycles. The van der Waals surface area contributed by atoms with Crippen molar-refractivity contribution in [3.8, 4) is 0 Å². The van der Waals surface area contributed by atoms with E-state index in [-0.39, 0.29) is 5.69 Å². The number of hydrogen-bond acceptors (Lipinski definition) is 3. The number of rotatable bonds is 0. The lowest BCUT2D eigenvalue weighted by atomic mass is 9.83. The molecule has 17 heavy (non-hydrogen) atoms. The third kappa shape index (κ3) is 1.23. The maximum atomic E-state index is 13.6. The van der Waals surface area contributed by atoms with Gasteiger partial charge in [-0.2, -0.15) is 0 Å². The minimum atomic E-state index is -1.13. The minimum absolute atomic E-state index is 0.288. The molecule has 0 aromatic heterocycles. The van der Waals surface area contributed by atoms with E-state index in [0.717, 1.165) is 0 Å². The van der Waals surface area contributed by atoms with Gasteiger partial charge in [0.2, 0.25) is 0 Å². The quantitative estimate of drug-likeness (QED) is 0.579. The van der Waals surface area contributed by atoms with E-state index in [1.807, 2.05) is 0 Å². The Morgan fingerprint density at radius 1 is 1.29 bits per heavy atom. The summed E-state index contributed by atoms with van der Waals surface area (Å²) in [7, 11) is 0. The Morgan fingerprint density at radius 2 is 2.12 bits per heavy atom. The predicted molar refractivity (Wildman–Crippen MR) is 57.9 cm³/mol. The highest BCUT2D eigenvalue weighted by atomic mass is 19.1. The lowest BCUT2D eigenvalue weighted by Crippen LogP contribution is -2.48. The number of amides is 3. The van der Waals surface area contributed by atoms with Crippen LogP contribution in [0.4, 0.5) is 14.9 Å². The molecule has 3 N–H and O–H groups in total. The number of imide groups is 1. The maximum Gasteiger partial charge on any atom is 0.322 e. The second-order valence-corrected chi connectivity index (χ2v) is 4.15. The molecule has 2 aliphatic heterocycles. The molecule has 6 heteroatoms. The van der Waals surface area contributed by atoms with Gasteiger partial charge >= 0.3 is 6.03 Å². The van der Waals surface area contributed by atoms with E-state index in [0.29, 0.717) is 18.5 Å². The zero-order valence-electron chi connectivity index (χ0n) is 8.84. The van der Waals surface area contributed by atoms with E-state index in [2.05, 4.69) is 16.0 Å². The smallest absolute Gasteiger partial charge is 0.322 e. The van der Waals surface area contributed by atoms with Crippen molar-refractivity contribution in [2.45, 2.75) is 12.0 Å². The van der Waals surface area contributed by atoms with Crippen LogP contribution in [-0.4, -0.2) is 18.5 Å². The molecule has 1 saturated heterocycles. The SMILES string of the molecule is O=C1NC(=O)C2(CCNc3c(F)cccc32)N1. The molecule has 1 aromatic carbocycles. The first-order valence-corrected chi connectivity index (χ1v) is 5.30. The summed E-state index contributed by atoms with van der Waals surface area (Å²) < 4.78 is 13.6. The van der Waals surface area contributed by atoms with E-state index in [9.17, 15) is 14.0 Å². The molecule has 2 aliphatic rings. The lowest BCUT2D eigenvalue weighted by Gasteiger charge is -2.33. The number of benzene rings is 1. The summed E-state index contributed by atoms with van der Waals surface area (Å²) >= 11 is 0. The van der Waals surface area contributed by atoms with Gasteiger partial charge in [0.15, 0.2) is 0 Å². The van der Waals surface area contributed by atoms with E-state index in [1.54, 1.807) is 6.07 Å². The zero-order chi connectivity index (χ0) is 12.0. The summed E-state index contributed by atoms with van der Waals surface area (Å²) in [5, 5.41) is 7.71. The molecule has 1 fully saturated rings. The average molecular weight is 235 g/mol. The Bertz CT molecular complexity index is 531. The van der Waals surface area contributed by atoms with Gasteiger partial charge < -0.3 is 10.6 Å². The first-order chi connectivity index (χ1) is 8.13. The van der Waals surface area contributed by atoms with Crippen LogP contribution in [0.3, 0.4) is 0 Å². The Morgan fingerprint density at radius 3 is 2.82 bits per heavy atom. The molecule has 1 aromatic rings. The monoisotopic (exact) mass is 235 g/mol. The summed E-state index contributed by atoms with van der Waals surface area (Å²) in [4.78, 5) is 23.2. The number of carbonyl (C=O) groups is 2. The molecular weight excluding hydrogens is 225 g/mol. The molecule has 5 nitrogen and oxygen atoms in total. The molecule has 3 rings (SSSR count). The van der Waals surface area contributed by atoms with Crippen molar-refractivity contribution in [2.24, 2.45) is 0 Å². The summed E-state index contributed by atoms with van der Waals surface area (Å²) in [5.74, 6) is -0.841. The van der Waals surface area contributed by atoms with Gasteiger partial charge in [-0.05, 0) is 6.07 Å². The number of nitrogens with one attached hydrogen (secondary N) is 3. The molecule has 1 spiro atoms. The van der Waals surface area contributed by atoms with Crippen LogP contribution in [0.2, 0.25) is 0 Å². The topological polar surface area (TPSA) is 70.2 Å². The fraction of sp³-hybridized carbons (Fsp3) is 0.273. The first kappa shape index (κ1) is 10.1. The van der Waals surface area contributed by atoms with Crippen molar-refractivity contribution in [2.75, 3.05) is 11.9 Å². The van der Waals surface area contributed by atoms with E-state index >= 15 is 0 Å². The van der Waals surface area contributed by atoms with Crippen LogP contribution >= 0.6 is 0 Å². The molecule has 0 bridgehead atoms. The second-order valence-electron chi connectivity index (χ2n) is 4.15. The van der Waals surface area contributed by atoms with Crippen molar-refractivity contribution in [1.82, 2.24) is 10.6 Å². The number of halogens is 1. The third-order valence-corrected chi connectivity index (χ3v) is 3.22. The Balaban J connectivity index is 2.20. The normalized spacial score (nSPS) is 26.2. The highest BCUT2D eigenvalue weighted by molar-refractivity contribution is 6.08. The van der Waals surface area contributed by atoms with E-state index < -0.39 is 23.3 Å². The van der Waals surface area contributed by atoms with Crippen LogP contribution in [0, 0.1) is 5.82 Å². The van der Waals surface area contributed by atoms with Gasteiger partial charge in [-0.25, -0.2) is 9.18 Å². The van der Waals surface area contributed by atoms with Gasteiger partial charge in [0.25, 0.3) is 5.91 Å². The van der Waals surface area contributed by atoms with Crippen LogP contribution in [0.1, 0.15) is 12.0 Å². The number of para-hydroxylation sites is 1. The molecule has 88 valence electrons. The summed E-state index contributed by atoms with van der Waals surface area (Å²) in [6, 6.07) is 3.96. The Hall–Kier alpha value is -2.11. The van der Waals surface area contributed by atoms with Crippen molar-refractivity contribution in [3.05, 3.63) is 29.6 Å². The van der Waals surface area contributed by atoms with Gasteiger partial charge in [-0.1, -0.05) is 12.1 Å². The van der Waals surface area contributed by atoms with Crippen molar-refractivity contribution < 1.29 is 14.0 Å². The predicted octanol–water partition coefficient (Wildman–Crippen LogP) is 0.676. The molecule has 0 radical (unpaired) electrons. The summed E-state index contributed by atoms with van der Waals surface area (Å²) in [6.45, 7) is 0.432. The number of anilines is 1. The van der Waals surface area contributed by atoms with Crippen LogP contribution in [0.25, 0.3) is 0 Å². The van der Waals surface area contributed by atoms with Gasteiger partial charge in [-0.3, -0.25) is 10.1 Å². The van der Waals surface area contributed by atoms with E-state index in [4.69, 9.17) is 0 Å². The Kier molecular flexibility index (Phi) is 1.89. The average Bonchev–Trinajstić information content (AvgIpc) is 2.56. The van der Waals surface area contributed by atoms with Crippen molar-refractivity contribution >= 4 is 17.6 Å². The van der Waals surface area contributed by atoms with Gasteiger partial charge in [-0.15, -0.1) is 0 Å². The third-order valence-electron chi connectivity index (χ3n) is 3.22. The van der Waals surface area contributed by atoms with Crippen molar-refractivity contribution in [3.63, 3.8) is 0 Å². The minimum Gasteiger partial charge on any atom is -0.382 e. The molecule has 1 atom stereocenters. The molecule has 2 heterocycles. The summed E-state index contributed by atoms with van der Waals surface area (Å²) in [5.41, 5.74) is -0.358. The van der Waals surface area contributed by atoms with Crippen LogP contribution in [-0.2, 0) is 10.3 Å². The highest BCUT2D eigenvalue weighted by Gasteiger charge is 2.50. The first-order valence-electron chi connectivity index (χ1n) is 5.30. The number of fused-ring (bicyclic) bond motifs is 2. The fourth-order valence-electron chi connectivity index (χ4n) is 2.43. The van der Waals surface area contributed by atoms with Crippen LogP contribution in [0.5, 0.6) is 0 Å². The maximum absolute atomic E-state index is 13.6. The van der Waals surface area contributed by atoms with Gasteiger partial charge in [0.1, 0.15) is 11.4 Å². The van der Waals surface area contributed by atoms with E-state index in [1.165, 1.54) is 12.1 Å². The van der Waals surface area contributed by atoms with Crippen molar-refractivity contribution in [1.29, 1.82) is 0 Å². The standard InChI is InChI=1S/C11H10FN3O2/c12-7-3-1-2-6-8(7)13-5-4-11(6)9(16)14-10(17)15-11/h1-3,13H,4-5H2,(H2,14,15,16,17). The van der Waals surface area contributed by atoms with Gasteiger partial charge in [0.05, 0.1) is 5.69 Å². The second kappa shape index (κ2) is 3.19. The molecular formula is C11H10FN3O2.